The van der Waals surface area contributed by atoms with Crippen molar-refractivity contribution in [3.63, 3.8) is 0 Å². The molecule has 3 rings (SSSR count). The summed E-state index contributed by atoms with van der Waals surface area (Å²) >= 11 is 0. The standard InChI is InChI=1S/C17H20N2O2/c20-17(21)14-11-18-15-9-5-4-8-13(15)16(14)19-10-12-6-2-1-3-7-12/h4-5,8-9,11-12H,1-3,6-7,10H2,(H,18,19)(H,20,21). The van der Waals surface area contributed by atoms with E-state index >= 15 is 0 Å². The maximum Gasteiger partial charge on any atom is 0.339 e. The number of nitrogens with one attached hydrogen (secondary N) is 1. The molecule has 0 bridgehead atoms. The quantitative estimate of drug-likeness (QED) is 0.893. The van der Waals surface area contributed by atoms with Gasteiger partial charge in [0.05, 0.1) is 11.2 Å². The average Bonchev–Trinajstić information content (AvgIpc) is 2.53. The van der Waals surface area contributed by atoms with Gasteiger partial charge in [-0.3, -0.25) is 4.98 Å². The average molecular weight is 284 g/mol. The van der Waals surface area contributed by atoms with Gasteiger partial charge in [-0.1, -0.05) is 37.5 Å². The molecule has 1 aliphatic rings. The molecule has 1 fully saturated rings. The Kier molecular flexibility index (Phi) is 4.04. The Hall–Kier alpha value is -2.10. The second kappa shape index (κ2) is 6.12. The van der Waals surface area contributed by atoms with Crippen LogP contribution in [0.4, 0.5) is 5.69 Å². The van der Waals surface area contributed by atoms with Crippen LogP contribution in [0.25, 0.3) is 10.9 Å². The van der Waals surface area contributed by atoms with E-state index in [1.54, 1.807) is 0 Å². The zero-order valence-corrected chi connectivity index (χ0v) is 12.0. The van der Waals surface area contributed by atoms with Crippen LogP contribution in [-0.2, 0) is 0 Å². The number of fused-ring (bicyclic) bond motifs is 1. The molecule has 0 radical (unpaired) electrons. The van der Waals surface area contributed by atoms with Gasteiger partial charge in [-0.2, -0.15) is 0 Å². The number of benzene rings is 1. The molecule has 2 aromatic rings. The van der Waals surface area contributed by atoms with E-state index in [2.05, 4.69) is 10.3 Å². The topological polar surface area (TPSA) is 62.2 Å². The fourth-order valence-electron chi connectivity index (χ4n) is 3.13. The number of carboxylic acids is 1. The highest BCUT2D eigenvalue weighted by molar-refractivity contribution is 6.04. The van der Waals surface area contributed by atoms with Crippen LogP contribution in [0.15, 0.2) is 30.5 Å². The Balaban J connectivity index is 1.90. The van der Waals surface area contributed by atoms with E-state index in [9.17, 15) is 9.90 Å². The number of carbonyl (C=O) groups is 1. The van der Waals surface area contributed by atoms with Crippen molar-refractivity contribution in [3.05, 3.63) is 36.0 Å². The van der Waals surface area contributed by atoms with Crippen molar-refractivity contribution in [2.75, 3.05) is 11.9 Å². The molecule has 0 saturated heterocycles. The summed E-state index contributed by atoms with van der Waals surface area (Å²) in [4.78, 5) is 15.7. The summed E-state index contributed by atoms with van der Waals surface area (Å²) in [5, 5.41) is 13.7. The van der Waals surface area contributed by atoms with Gasteiger partial charge in [0.1, 0.15) is 5.56 Å². The van der Waals surface area contributed by atoms with Gasteiger partial charge in [0.2, 0.25) is 0 Å². The fraction of sp³-hybridized carbons (Fsp3) is 0.412. The zero-order valence-electron chi connectivity index (χ0n) is 12.0. The lowest BCUT2D eigenvalue weighted by Gasteiger charge is -2.23. The van der Waals surface area contributed by atoms with Gasteiger partial charge in [0.25, 0.3) is 0 Å². The number of pyridine rings is 1. The molecule has 1 aliphatic carbocycles. The molecule has 4 heteroatoms. The third-order valence-corrected chi connectivity index (χ3v) is 4.30. The number of para-hydroxylation sites is 1. The van der Waals surface area contributed by atoms with Crippen LogP contribution in [0.3, 0.4) is 0 Å². The summed E-state index contributed by atoms with van der Waals surface area (Å²) in [6, 6.07) is 7.67. The predicted octanol–water partition coefficient (Wildman–Crippen LogP) is 3.93. The van der Waals surface area contributed by atoms with Crippen LogP contribution in [0.2, 0.25) is 0 Å². The van der Waals surface area contributed by atoms with E-state index in [-0.39, 0.29) is 5.56 Å². The summed E-state index contributed by atoms with van der Waals surface area (Å²) in [6.07, 6.45) is 7.82. The second-order valence-corrected chi connectivity index (χ2v) is 5.75. The smallest absolute Gasteiger partial charge is 0.339 e. The highest BCUT2D eigenvalue weighted by Crippen LogP contribution is 2.28. The molecule has 1 aromatic heterocycles. The fourth-order valence-corrected chi connectivity index (χ4v) is 3.13. The maximum absolute atomic E-state index is 11.4. The molecule has 4 nitrogen and oxygen atoms in total. The van der Waals surface area contributed by atoms with E-state index in [0.717, 1.165) is 17.4 Å². The van der Waals surface area contributed by atoms with Crippen LogP contribution in [0.5, 0.6) is 0 Å². The number of aromatic nitrogens is 1. The van der Waals surface area contributed by atoms with Gasteiger partial charge < -0.3 is 10.4 Å². The molecule has 110 valence electrons. The van der Waals surface area contributed by atoms with Crippen LogP contribution >= 0.6 is 0 Å². The molecule has 1 saturated carbocycles. The third-order valence-electron chi connectivity index (χ3n) is 4.30. The number of hydrogen-bond acceptors (Lipinski definition) is 3. The molecule has 0 atom stereocenters. The molecule has 1 heterocycles. The Morgan fingerprint density at radius 2 is 2.00 bits per heavy atom. The van der Waals surface area contributed by atoms with Gasteiger partial charge in [-0.25, -0.2) is 4.79 Å². The van der Waals surface area contributed by atoms with Crippen LogP contribution in [0.1, 0.15) is 42.5 Å². The summed E-state index contributed by atoms with van der Waals surface area (Å²) in [5.41, 5.74) is 1.79. The van der Waals surface area contributed by atoms with Crippen LogP contribution in [-0.4, -0.2) is 22.6 Å². The van der Waals surface area contributed by atoms with Gasteiger partial charge in [-0.15, -0.1) is 0 Å². The highest BCUT2D eigenvalue weighted by Gasteiger charge is 2.17. The summed E-state index contributed by atoms with van der Waals surface area (Å²) in [7, 11) is 0. The number of aromatic carboxylic acids is 1. The number of hydrogen-bond donors (Lipinski definition) is 2. The van der Waals surface area contributed by atoms with E-state index in [1.807, 2.05) is 24.3 Å². The van der Waals surface area contributed by atoms with Gasteiger partial charge in [0.15, 0.2) is 0 Å². The first-order chi connectivity index (χ1) is 10.3. The van der Waals surface area contributed by atoms with E-state index in [1.165, 1.54) is 38.3 Å². The molecule has 1 aromatic carbocycles. The van der Waals surface area contributed by atoms with Crippen molar-refractivity contribution in [2.45, 2.75) is 32.1 Å². The number of rotatable bonds is 4. The van der Waals surface area contributed by atoms with Gasteiger partial charge >= 0.3 is 5.97 Å². The molecule has 2 N–H and O–H groups in total. The Labute approximate surface area is 124 Å². The van der Waals surface area contributed by atoms with Crippen molar-refractivity contribution in [3.8, 4) is 0 Å². The minimum absolute atomic E-state index is 0.254. The lowest BCUT2D eigenvalue weighted by atomic mass is 9.89. The lowest BCUT2D eigenvalue weighted by molar-refractivity contribution is 0.0697. The predicted molar refractivity (Wildman–Crippen MR) is 83.8 cm³/mol. The second-order valence-electron chi connectivity index (χ2n) is 5.75. The molecule has 0 amide bonds. The Morgan fingerprint density at radius 1 is 1.24 bits per heavy atom. The van der Waals surface area contributed by atoms with Gasteiger partial charge in [0, 0.05) is 18.1 Å². The Bertz CT molecular complexity index is 648. The van der Waals surface area contributed by atoms with Crippen molar-refractivity contribution in [2.24, 2.45) is 5.92 Å². The number of anilines is 1. The monoisotopic (exact) mass is 284 g/mol. The highest BCUT2D eigenvalue weighted by atomic mass is 16.4. The first-order valence-corrected chi connectivity index (χ1v) is 7.60. The molecular weight excluding hydrogens is 264 g/mol. The minimum atomic E-state index is -0.931. The SMILES string of the molecule is O=C(O)c1cnc2ccccc2c1NCC1CCCCC1. The maximum atomic E-state index is 11.4. The van der Waals surface area contributed by atoms with E-state index in [4.69, 9.17) is 0 Å². The van der Waals surface area contributed by atoms with Crippen molar-refractivity contribution in [1.29, 1.82) is 0 Å². The van der Waals surface area contributed by atoms with Crippen LogP contribution < -0.4 is 5.32 Å². The number of nitrogens with zero attached hydrogens (tertiary/aromatic N) is 1. The largest absolute Gasteiger partial charge is 0.478 e. The van der Waals surface area contributed by atoms with E-state index < -0.39 is 5.97 Å². The van der Waals surface area contributed by atoms with E-state index in [0.29, 0.717) is 11.6 Å². The summed E-state index contributed by atoms with van der Waals surface area (Å²) < 4.78 is 0. The van der Waals surface area contributed by atoms with Crippen molar-refractivity contribution >= 4 is 22.6 Å². The zero-order chi connectivity index (χ0) is 14.7. The molecule has 0 unspecified atom stereocenters. The molecule has 21 heavy (non-hydrogen) atoms. The van der Waals surface area contributed by atoms with Gasteiger partial charge in [-0.05, 0) is 24.8 Å². The number of carboxylic acid groups (broad SMARTS) is 1. The molecular formula is C17H20N2O2. The van der Waals surface area contributed by atoms with Crippen molar-refractivity contribution in [1.82, 2.24) is 4.98 Å². The third kappa shape index (κ3) is 2.99. The lowest BCUT2D eigenvalue weighted by Crippen LogP contribution is -2.18. The van der Waals surface area contributed by atoms with Crippen LogP contribution in [0, 0.1) is 5.92 Å². The first-order valence-electron chi connectivity index (χ1n) is 7.60. The first kappa shape index (κ1) is 13.9. The minimum Gasteiger partial charge on any atom is -0.478 e. The normalized spacial score (nSPS) is 16.0. The Morgan fingerprint density at radius 3 is 2.76 bits per heavy atom. The summed E-state index contributed by atoms with van der Waals surface area (Å²) in [6.45, 7) is 0.842. The summed E-state index contributed by atoms with van der Waals surface area (Å²) in [5.74, 6) is -0.285. The molecule has 0 aliphatic heterocycles. The molecule has 0 spiro atoms. The van der Waals surface area contributed by atoms with Crippen molar-refractivity contribution < 1.29 is 9.90 Å².